The second kappa shape index (κ2) is 5.60. The van der Waals surface area contributed by atoms with Crippen LogP contribution in [0.15, 0.2) is 53.5 Å². The Bertz CT molecular complexity index is 644. The number of ether oxygens (including phenoxy) is 1. The smallest absolute Gasteiger partial charge is 0.135 e. The van der Waals surface area contributed by atoms with Gasteiger partial charge in [-0.05, 0) is 38.1 Å². The number of benzene rings is 2. The van der Waals surface area contributed by atoms with E-state index in [4.69, 9.17) is 9.73 Å². The van der Waals surface area contributed by atoms with Crippen LogP contribution in [0.1, 0.15) is 18.1 Å². The maximum Gasteiger partial charge on any atom is 0.135 e. The molecule has 0 saturated carbocycles. The number of nitrogens with zero attached hydrogens (tertiary/aromatic N) is 2. The number of aryl methyl sites for hydroxylation is 1. The van der Waals surface area contributed by atoms with E-state index < -0.39 is 0 Å². The van der Waals surface area contributed by atoms with Crippen molar-refractivity contribution in [3.63, 3.8) is 0 Å². The number of hydrogen-bond donors (Lipinski definition) is 0. The van der Waals surface area contributed by atoms with Gasteiger partial charge in [0.25, 0.3) is 0 Å². The fraction of sp³-hybridized carbons (Fsp3) is 0.278. The number of aliphatic imine (C=N–C) groups is 1. The van der Waals surface area contributed by atoms with E-state index in [1.165, 1.54) is 11.1 Å². The van der Waals surface area contributed by atoms with Gasteiger partial charge in [0.2, 0.25) is 0 Å². The SMILES string of the molecule is COc1ccc(N2C[C@@H](C)N=C2c2ccc(C)cc2)cc1. The fourth-order valence-electron chi connectivity index (χ4n) is 2.59. The molecule has 21 heavy (non-hydrogen) atoms. The summed E-state index contributed by atoms with van der Waals surface area (Å²) in [5, 5.41) is 0. The first-order valence-corrected chi connectivity index (χ1v) is 7.24. The summed E-state index contributed by atoms with van der Waals surface area (Å²) in [6.45, 7) is 5.16. The first-order valence-electron chi connectivity index (χ1n) is 7.24. The van der Waals surface area contributed by atoms with Crippen molar-refractivity contribution in [3.05, 3.63) is 59.7 Å². The lowest BCUT2D eigenvalue weighted by Gasteiger charge is -2.21. The van der Waals surface area contributed by atoms with Gasteiger partial charge >= 0.3 is 0 Å². The third-order valence-electron chi connectivity index (χ3n) is 3.74. The molecule has 0 bridgehead atoms. The fourth-order valence-corrected chi connectivity index (χ4v) is 2.59. The highest BCUT2D eigenvalue weighted by molar-refractivity contribution is 6.11. The molecule has 0 N–H and O–H groups in total. The molecule has 3 heteroatoms. The van der Waals surface area contributed by atoms with Crippen molar-refractivity contribution in [1.82, 2.24) is 0 Å². The predicted molar refractivity (Wildman–Crippen MR) is 87.5 cm³/mol. The third-order valence-corrected chi connectivity index (χ3v) is 3.74. The largest absolute Gasteiger partial charge is 0.497 e. The summed E-state index contributed by atoms with van der Waals surface area (Å²) in [4.78, 5) is 7.07. The van der Waals surface area contributed by atoms with E-state index in [9.17, 15) is 0 Å². The van der Waals surface area contributed by atoms with Crippen molar-refractivity contribution in [2.24, 2.45) is 4.99 Å². The van der Waals surface area contributed by atoms with Gasteiger partial charge in [0, 0.05) is 17.8 Å². The van der Waals surface area contributed by atoms with Gasteiger partial charge in [-0.2, -0.15) is 0 Å². The number of rotatable bonds is 3. The van der Waals surface area contributed by atoms with Gasteiger partial charge < -0.3 is 9.64 Å². The summed E-state index contributed by atoms with van der Waals surface area (Å²) in [7, 11) is 1.69. The van der Waals surface area contributed by atoms with Crippen LogP contribution in [0.5, 0.6) is 5.75 Å². The minimum Gasteiger partial charge on any atom is -0.497 e. The van der Waals surface area contributed by atoms with E-state index >= 15 is 0 Å². The maximum atomic E-state index is 5.23. The Morgan fingerprint density at radius 2 is 1.71 bits per heavy atom. The van der Waals surface area contributed by atoms with Crippen LogP contribution in [0.2, 0.25) is 0 Å². The lowest BCUT2D eigenvalue weighted by molar-refractivity contribution is 0.415. The number of amidine groups is 1. The molecule has 0 radical (unpaired) electrons. The third kappa shape index (κ3) is 2.77. The highest BCUT2D eigenvalue weighted by Crippen LogP contribution is 2.25. The molecule has 1 atom stereocenters. The van der Waals surface area contributed by atoms with E-state index in [0.29, 0.717) is 6.04 Å². The van der Waals surface area contributed by atoms with Crippen molar-refractivity contribution in [1.29, 1.82) is 0 Å². The number of anilines is 1. The lowest BCUT2D eigenvalue weighted by atomic mass is 10.1. The molecule has 1 aliphatic rings. The van der Waals surface area contributed by atoms with Crippen LogP contribution in [-0.4, -0.2) is 25.5 Å². The summed E-state index contributed by atoms with van der Waals surface area (Å²) >= 11 is 0. The molecule has 0 unspecified atom stereocenters. The van der Waals surface area contributed by atoms with Gasteiger partial charge in [-0.25, -0.2) is 0 Å². The van der Waals surface area contributed by atoms with Gasteiger partial charge in [0.15, 0.2) is 0 Å². The average molecular weight is 280 g/mol. The first-order chi connectivity index (χ1) is 10.2. The van der Waals surface area contributed by atoms with Gasteiger partial charge in [-0.1, -0.05) is 29.8 Å². The van der Waals surface area contributed by atoms with Gasteiger partial charge in [0.1, 0.15) is 11.6 Å². The predicted octanol–water partition coefficient (Wildman–Crippen LogP) is 3.66. The molecule has 0 aromatic heterocycles. The second-order valence-electron chi connectivity index (χ2n) is 5.48. The van der Waals surface area contributed by atoms with E-state index in [-0.39, 0.29) is 0 Å². The molecule has 0 spiro atoms. The normalized spacial score (nSPS) is 17.8. The summed E-state index contributed by atoms with van der Waals surface area (Å²) in [5.41, 5.74) is 3.58. The Kier molecular flexibility index (Phi) is 3.65. The summed E-state index contributed by atoms with van der Waals surface area (Å²) < 4.78 is 5.23. The highest BCUT2D eigenvalue weighted by atomic mass is 16.5. The van der Waals surface area contributed by atoms with Gasteiger partial charge in [0.05, 0.1) is 13.2 Å². The molecular weight excluding hydrogens is 260 g/mol. The molecule has 0 aliphatic carbocycles. The van der Waals surface area contributed by atoms with E-state index in [2.05, 4.69) is 55.1 Å². The minimum absolute atomic E-state index is 0.309. The molecule has 1 aliphatic heterocycles. The Hall–Kier alpha value is -2.29. The molecule has 3 rings (SSSR count). The van der Waals surface area contributed by atoms with Crippen molar-refractivity contribution in [2.45, 2.75) is 19.9 Å². The van der Waals surface area contributed by atoms with Crippen LogP contribution in [0.3, 0.4) is 0 Å². The summed E-state index contributed by atoms with van der Waals surface area (Å²) in [5.74, 6) is 1.92. The molecular formula is C18H20N2O. The Morgan fingerprint density at radius 3 is 2.33 bits per heavy atom. The quantitative estimate of drug-likeness (QED) is 0.857. The Labute approximate surface area is 125 Å². The van der Waals surface area contributed by atoms with Crippen molar-refractivity contribution in [2.75, 3.05) is 18.6 Å². The van der Waals surface area contributed by atoms with E-state index in [1.54, 1.807) is 7.11 Å². The molecule has 1 heterocycles. The lowest BCUT2D eigenvalue weighted by Crippen LogP contribution is -2.29. The molecule has 0 amide bonds. The van der Waals surface area contributed by atoms with Gasteiger partial charge in [-0.15, -0.1) is 0 Å². The molecule has 2 aromatic carbocycles. The molecule has 108 valence electrons. The van der Waals surface area contributed by atoms with Crippen LogP contribution >= 0.6 is 0 Å². The molecule has 2 aromatic rings. The second-order valence-corrected chi connectivity index (χ2v) is 5.48. The number of hydrogen-bond acceptors (Lipinski definition) is 3. The van der Waals surface area contributed by atoms with Crippen LogP contribution in [0.4, 0.5) is 5.69 Å². The molecule has 0 fully saturated rings. The van der Waals surface area contributed by atoms with Crippen molar-refractivity contribution in [3.8, 4) is 5.75 Å². The van der Waals surface area contributed by atoms with E-state index in [0.717, 1.165) is 23.8 Å². The Balaban J connectivity index is 1.93. The number of methoxy groups -OCH3 is 1. The average Bonchev–Trinajstić information content (AvgIpc) is 2.90. The highest BCUT2D eigenvalue weighted by Gasteiger charge is 2.24. The van der Waals surface area contributed by atoms with Crippen LogP contribution in [-0.2, 0) is 0 Å². The van der Waals surface area contributed by atoms with Crippen molar-refractivity contribution < 1.29 is 4.74 Å². The summed E-state index contributed by atoms with van der Waals surface area (Å²) in [6.07, 6.45) is 0. The van der Waals surface area contributed by atoms with Crippen LogP contribution < -0.4 is 9.64 Å². The minimum atomic E-state index is 0.309. The molecule has 0 saturated heterocycles. The van der Waals surface area contributed by atoms with Crippen LogP contribution in [0, 0.1) is 6.92 Å². The molecule has 3 nitrogen and oxygen atoms in total. The summed E-state index contributed by atoms with van der Waals surface area (Å²) in [6, 6.07) is 17.0. The zero-order valence-corrected chi connectivity index (χ0v) is 12.7. The first kappa shape index (κ1) is 13.7. The Morgan fingerprint density at radius 1 is 1.05 bits per heavy atom. The monoisotopic (exact) mass is 280 g/mol. The van der Waals surface area contributed by atoms with Crippen LogP contribution in [0.25, 0.3) is 0 Å². The van der Waals surface area contributed by atoms with Gasteiger partial charge in [-0.3, -0.25) is 4.99 Å². The maximum absolute atomic E-state index is 5.23. The van der Waals surface area contributed by atoms with E-state index in [1.807, 2.05) is 12.1 Å². The zero-order chi connectivity index (χ0) is 14.8. The van der Waals surface area contributed by atoms with Crippen molar-refractivity contribution >= 4 is 11.5 Å². The topological polar surface area (TPSA) is 24.8 Å². The zero-order valence-electron chi connectivity index (χ0n) is 12.7. The standard InChI is InChI=1S/C18H20N2O/c1-13-4-6-15(7-5-13)18-19-14(2)12-20(18)16-8-10-17(21-3)11-9-16/h4-11,14H,12H2,1-3H3/t14-/m1/s1.